The van der Waals surface area contributed by atoms with Gasteiger partial charge in [0, 0.05) is 18.0 Å². The Bertz CT molecular complexity index is 1180. The molecular formula is C21H18FN3O4. The summed E-state index contributed by atoms with van der Waals surface area (Å²) in [5.74, 6) is -2.23. The molecule has 2 aromatic carbocycles. The quantitative estimate of drug-likeness (QED) is 0.613. The summed E-state index contributed by atoms with van der Waals surface area (Å²) in [5.41, 5.74) is 0.345. The van der Waals surface area contributed by atoms with Gasteiger partial charge in [-0.1, -0.05) is 18.2 Å². The Morgan fingerprint density at radius 1 is 1.28 bits per heavy atom. The summed E-state index contributed by atoms with van der Waals surface area (Å²) in [5, 5.41) is 22.4. The van der Waals surface area contributed by atoms with Crippen molar-refractivity contribution in [1.29, 1.82) is 0 Å². The van der Waals surface area contributed by atoms with E-state index in [2.05, 4.69) is 10.3 Å². The van der Waals surface area contributed by atoms with Crippen molar-refractivity contribution in [3.8, 4) is 11.4 Å². The standard InChI is InChI=1S/C21H18FN3O4/c1-12-5-6-13(20(28)29)11-16(12)25-10-9-23-18(19(25)27)24-21(7-8-21)14-3-2-4-15(22)17(14)26/h2-6,9-11,26H,7-8H2,1H3,(H,23,24)(H,28,29). The van der Waals surface area contributed by atoms with Crippen LogP contribution in [-0.4, -0.2) is 25.7 Å². The number of aryl methyl sites for hydroxylation is 1. The summed E-state index contributed by atoms with van der Waals surface area (Å²) < 4.78 is 15.1. The number of carbonyl (C=O) groups is 1. The number of halogens is 1. The van der Waals surface area contributed by atoms with Crippen molar-refractivity contribution < 1.29 is 19.4 Å². The van der Waals surface area contributed by atoms with E-state index in [9.17, 15) is 24.2 Å². The minimum absolute atomic E-state index is 0.0359. The van der Waals surface area contributed by atoms with Crippen LogP contribution in [0.4, 0.5) is 10.2 Å². The smallest absolute Gasteiger partial charge is 0.335 e. The lowest BCUT2D eigenvalue weighted by molar-refractivity contribution is 0.0697. The van der Waals surface area contributed by atoms with E-state index in [1.807, 2.05) is 0 Å². The van der Waals surface area contributed by atoms with E-state index in [4.69, 9.17) is 0 Å². The van der Waals surface area contributed by atoms with Crippen molar-refractivity contribution in [1.82, 2.24) is 9.55 Å². The summed E-state index contributed by atoms with van der Waals surface area (Å²) in [6.45, 7) is 1.77. The Hall–Kier alpha value is -3.68. The molecule has 0 spiro atoms. The number of aromatic hydroxyl groups is 1. The lowest BCUT2D eigenvalue weighted by Gasteiger charge is -2.20. The molecule has 0 unspecified atom stereocenters. The summed E-state index contributed by atoms with van der Waals surface area (Å²) in [4.78, 5) is 28.5. The first-order valence-electron chi connectivity index (χ1n) is 9.00. The molecule has 3 aromatic rings. The maximum absolute atomic E-state index is 13.8. The van der Waals surface area contributed by atoms with Crippen molar-refractivity contribution in [2.24, 2.45) is 0 Å². The number of phenols is 1. The SMILES string of the molecule is Cc1ccc(C(=O)O)cc1-n1ccnc(NC2(c3cccc(F)c3O)CC2)c1=O. The van der Waals surface area contributed by atoms with Crippen LogP contribution in [0.5, 0.6) is 5.75 Å². The first-order valence-corrected chi connectivity index (χ1v) is 9.00. The molecule has 29 heavy (non-hydrogen) atoms. The minimum atomic E-state index is -1.09. The monoisotopic (exact) mass is 395 g/mol. The molecule has 1 fully saturated rings. The van der Waals surface area contributed by atoms with Gasteiger partial charge < -0.3 is 15.5 Å². The van der Waals surface area contributed by atoms with E-state index in [1.54, 1.807) is 19.1 Å². The molecule has 0 atom stereocenters. The molecule has 0 radical (unpaired) electrons. The van der Waals surface area contributed by atoms with Crippen molar-refractivity contribution in [2.75, 3.05) is 5.32 Å². The van der Waals surface area contributed by atoms with Crippen LogP contribution >= 0.6 is 0 Å². The number of anilines is 1. The van der Waals surface area contributed by atoms with E-state index in [-0.39, 0.29) is 11.4 Å². The normalized spacial score (nSPS) is 14.4. The highest BCUT2D eigenvalue weighted by Gasteiger charge is 2.47. The number of carboxylic acid groups (broad SMARTS) is 1. The van der Waals surface area contributed by atoms with E-state index < -0.39 is 28.6 Å². The molecule has 7 nitrogen and oxygen atoms in total. The van der Waals surface area contributed by atoms with E-state index in [1.165, 1.54) is 41.2 Å². The van der Waals surface area contributed by atoms with Crippen molar-refractivity contribution in [3.05, 3.63) is 81.7 Å². The minimum Gasteiger partial charge on any atom is -0.505 e. The van der Waals surface area contributed by atoms with Crippen molar-refractivity contribution in [2.45, 2.75) is 25.3 Å². The fourth-order valence-corrected chi connectivity index (χ4v) is 3.40. The summed E-state index contributed by atoms with van der Waals surface area (Å²) in [6, 6.07) is 8.81. The van der Waals surface area contributed by atoms with Crippen molar-refractivity contribution >= 4 is 11.8 Å². The Kier molecular flexibility index (Phi) is 4.34. The third-order valence-electron chi connectivity index (χ3n) is 5.17. The van der Waals surface area contributed by atoms with Crippen LogP contribution in [0.2, 0.25) is 0 Å². The molecule has 4 rings (SSSR count). The first-order chi connectivity index (χ1) is 13.8. The van der Waals surface area contributed by atoms with Crippen LogP contribution in [0.15, 0.2) is 53.6 Å². The van der Waals surface area contributed by atoms with Gasteiger partial charge in [0.1, 0.15) is 0 Å². The molecule has 0 amide bonds. The van der Waals surface area contributed by atoms with Crippen LogP contribution in [-0.2, 0) is 5.54 Å². The predicted molar refractivity (Wildman–Crippen MR) is 104 cm³/mol. The number of para-hydroxylation sites is 1. The number of rotatable bonds is 5. The van der Waals surface area contributed by atoms with Crippen LogP contribution in [0.3, 0.4) is 0 Å². The van der Waals surface area contributed by atoms with Gasteiger partial charge >= 0.3 is 5.97 Å². The second-order valence-corrected chi connectivity index (χ2v) is 7.10. The number of hydrogen-bond acceptors (Lipinski definition) is 5. The summed E-state index contributed by atoms with van der Waals surface area (Å²) >= 11 is 0. The zero-order chi connectivity index (χ0) is 20.8. The van der Waals surface area contributed by atoms with Gasteiger partial charge in [-0.25, -0.2) is 14.2 Å². The van der Waals surface area contributed by atoms with Gasteiger partial charge in [0.15, 0.2) is 17.4 Å². The third kappa shape index (κ3) is 3.22. The number of aromatic carboxylic acids is 1. The maximum atomic E-state index is 13.8. The average Bonchev–Trinajstić information content (AvgIpc) is 3.46. The molecule has 0 aliphatic heterocycles. The first kappa shape index (κ1) is 18.7. The Morgan fingerprint density at radius 2 is 2.03 bits per heavy atom. The second kappa shape index (κ2) is 6.73. The van der Waals surface area contributed by atoms with Gasteiger partial charge in [-0.05, 0) is 43.5 Å². The predicted octanol–water partition coefficient (Wildman–Crippen LogP) is 3.19. The molecule has 1 aliphatic rings. The lowest BCUT2D eigenvalue weighted by atomic mass is 10.0. The number of benzene rings is 2. The molecule has 1 saturated carbocycles. The van der Waals surface area contributed by atoms with Crippen LogP contribution < -0.4 is 10.9 Å². The number of nitrogens with zero attached hydrogens (tertiary/aromatic N) is 2. The highest BCUT2D eigenvalue weighted by Crippen LogP contribution is 2.51. The van der Waals surface area contributed by atoms with Gasteiger partial charge in [0.2, 0.25) is 0 Å². The average molecular weight is 395 g/mol. The fourth-order valence-electron chi connectivity index (χ4n) is 3.40. The number of aromatic nitrogens is 2. The number of hydrogen-bond donors (Lipinski definition) is 3. The topological polar surface area (TPSA) is 104 Å². The molecular weight excluding hydrogens is 377 g/mol. The summed E-state index contributed by atoms with van der Waals surface area (Å²) in [6.07, 6.45) is 4.10. The Balaban J connectivity index is 1.76. The maximum Gasteiger partial charge on any atom is 0.335 e. The molecule has 148 valence electrons. The van der Waals surface area contributed by atoms with Gasteiger partial charge in [-0.15, -0.1) is 0 Å². The lowest BCUT2D eigenvalue weighted by Crippen LogP contribution is -2.29. The van der Waals surface area contributed by atoms with E-state index >= 15 is 0 Å². The van der Waals surface area contributed by atoms with Gasteiger partial charge in [0.05, 0.1) is 16.8 Å². The highest BCUT2D eigenvalue weighted by atomic mass is 19.1. The van der Waals surface area contributed by atoms with Crippen LogP contribution in [0, 0.1) is 12.7 Å². The van der Waals surface area contributed by atoms with Crippen molar-refractivity contribution in [3.63, 3.8) is 0 Å². The Labute approximate surface area is 165 Å². The van der Waals surface area contributed by atoms with Gasteiger partial charge in [-0.3, -0.25) is 9.36 Å². The zero-order valence-electron chi connectivity index (χ0n) is 15.5. The number of carboxylic acids is 1. The largest absolute Gasteiger partial charge is 0.505 e. The molecule has 3 N–H and O–H groups in total. The van der Waals surface area contributed by atoms with Gasteiger partial charge in [0.25, 0.3) is 5.56 Å². The van der Waals surface area contributed by atoms with E-state index in [0.717, 1.165) is 5.56 Å². The number of nitrogens with one attached hydrogen (secondary N) is 1. The van der Waals surface area contributed by atoms with Gasteiger partial charge in [-0.2, -0.15) is 0 Å². The Morgan fingerprint density at radius 3 is 2.72 bits per heavy atom. The number of phenolic OH excluding ortho intramolecular Hbond substituents is 1. The molecule has 1 heterocycles. The molecule has 1 aromatic heterocycles. The zero-order valence-corrected chi connectivity index (χ0v) is 15.5. The summed E-state index contributed by atoms with van der Waals surface area (Å²) in [7, 11) is 0. The fraction of sp³-hybridized carbons (Fsp3) is 0.190. The van der Waals surface area contributed by atoms with E-state index in [0.29, 0.717) is 24.1 Å². The van der Waals surface area contributed by atoms with Crippen LogP contribution in [0.1, 0.15) is 34.3 Å². The molecule has 8 heteroatoms. The highest BCUT2D eigenvalue weighted by molar-refractivity contribution is 5.88. The third-order valence-corrected chi connectivity index (χ3v) is 5.17. The molecule has 1 aliphatic carbocycles. The molecule has 0 bridgehead atoms. The second-order valence-electron chi connectivity index (χ2n) is 7.10. The molecule has 0 saturated heterocycles. The van der Waals surface area contributed by atoms with Crippen LogP contribution in [0.25, 0.3) is 5.69 Å².